The van der Waals surface area contributed by atoms with Crippen LogP contribution in [0.4, 0.5) is 5.13 Å². The van der Waals surface area contributed by atoms with Crippen LogP contribution in [0.2, 0.25) is 0 Å². The molecule has 0 aliphatic heterocycles. The number of aromatic nitrogens is 3. The van der Waals surface area contributed by atoms with E-state index in [1.54, 1.807) is 11.3 Å². The highest BCUT2D eigenvalue weighted by Crippen LogP contribution is 2.35. The molecule has 2 fully saturated rings. The lowest BCUT2D eigenvalue weighted by Crippen LogP contribution is -2.04. The molecule has 2 aromatic heterocycles. The Kier molecular flexibility index (Phi) is 3.45. The maximum Gasteiger partial charge on any atom is 0.183 e. The monoisotopic (exact) mass is 302 g/mol. The van der Waals surface area contributed by atoms with Gasteiger partial charge < -0.3 is 5.32 Å². The Bertz CT molecular complexity index is 620. The third-order valence-corrected chi connectivity index (χ3v) is 5.71. The number of rotatable bonds is 5. The number of nitrogens with one attached hydrogen (secondary N) is 1. The normalized spacial score (nSPS) is 19.3. The van der Waals surface area contributed by atoms with E-state index in [2.05, 4.69) is 34.2 Å². The van der Waals surface area contributed by atoms with Gasteiger partial charge in [0.2, 0.25) is 0 Å². The van der Waals surface area contributed by atoms with Gasteiger partial charge in [-0.3, -0.25) is 4.68 Å². The lowest BCUT2D eigenvalue weighted by molar-refractivity contribution is 0.468. The maximum atomic E-state index is 4.80. The zero-order valence-electron chi connectivity index (χ0n) is 12.5. The Morgan fingerprint density at radius 2 is 2.10 bits per heavy atom. The number of thiazole rings is 1. The minimum atomic E-state index is 0.611. The molecule has 0 atom stereocenters. The van der Waals surface area contributed by atoms with E-state index < -0.39 is 0 Å². The largest absolute Gasteiger partial charge is 0.361 e. The molecule has 0 aromatic carbocycles. The zero-order valence-corrected chi connectivity index (χ0v) is 13.3. The highest BCUT2D eigenvalue weighted by molar-refractivity contribution is 7.19. The first-order chi connectivity index (χ1) is 10.3. The van der Waals surface area contributed by atoms with Crippen molar-refractivity contribution >= 4 is 16.5 Å². The molecule has 2 aliphatic rings. The molecule has 21 heavy (non-hydrogen) atoms. The quantitative estimate of drug-likeness (QED) is 0.897. The Balaban J connectivity index is 1.51. The van der Waals surface area contributed by atoms with Gasteiger partial charge in [-0.15, -0.1) is 0 Å². The topological polar surface area (TPSA) is 42.7 Å². The molecule has 4 nitrogen and oxygen atoms in total. The molecule has 2 aliphatic carbocycles. The number of anilines is 1. The molecular formula is C16H22N4S. The molecule has 0 amide bonds. The van der Waals surface area contributed by atoms with E-state index in [9.17, 15) is 0 Å². The summed E-state index contributed by atoms with van der Waals surface area (Å²) >= 11 is 1.74. The van der Waals surface area contributed by atoms with E-state index in [0.29, 0.717) is 6.04 Å². The Morgan fingerprint density at radius 3 is 2.86 bits per heavy atom. The summed E-state index contributed by atoms with van der Waals surface area (Å²) in [6.07, 6.45) is 10.1. The molecule has 0 saturated heterocycles. The molecule has 0 bridgehead atoms. The summed E-state index contributed by atoms with van der Waals surface area (Å²) in [5, 5.41) is 9.32. The molecule has 0 spiro atoms. The summed E-state index contributed by atoms with van der Waals surface area (Å²) in [7, 11) is 0. The van der Waals surface area contributed by atoms with Crippen LogP contribution in [-0.4, -0.2) is 21.3 Å². The molecule has 4 rings (SSSR count). The van der Waals surface area contributed by atoms with Crippen molar-refractivity contribution in [3.05, 3.63) is 18.0 Å². The number of hydrogen-bond donors (Lipinski definition) is 1. The van der Waals surface area contributed by atoms with Crippen molar-refractivity contribution in [2.45, 2.75) is 51.5 Å². The molecule has 2 saturated carbocycles. The molecule has 112 valence electrons. The first kappa shape index (κ1) is 13.3. The van der Waals surface area contributed by atoms with Crippen molar-refractivity contribution in [1.82, 2.24) is 14.8 Å². The predicted molar refractivity (Wildman–Crippen MR) is 86.8 cm³/mol. The van der Waals surface area contributed by atoms with Crippen LogP contribution in [0.25, 0.3) is 10.6 Å². The van der Waals surface area contributed by atoms with E-state index in [0.717, 1.165) is 29.0 Å². The van der Waals surface area contributed by atoms with Gasteiger partial charge in [0, 0.05) is 12.7 Å². The van der Waals surface area contributed by atoms with Crippen molar-refractivity contribution in [2.24, 2.45) is 5.92 Å². The average Bonchev–Trinajstić information content (AvgIpc) is 2.92. The van der Waals surface area contributed by atoms with Crippen LogP contribution in [0, 0.1) is 12.8 Å². The second-order valence-electron chi connectivity index (χ2n) is 6.38. The van der Waals surface area contributed by atoms with Gasteiger partial charge >= 0.3 is 0 Å². The third-order valence-electron chi connectivity index (χ3n) is 4.58. The second-order valence-corrected chi connectivity index (χ2v) is 7.38. The Labute approximate surface area is 129 Å². The maximum absolute atomic E-state index is 4.80. The van der Waals surface area contributed by atoms with Gasteiger partial charge in [-0.25, -0.2) is 4.98 Å². The molecule has 1 N–H and O–H groups in total. The van der Waals surface area contributed by atoms with E-state index in [4.69, 9.17) is 5.10 Å². The minimum absolute atomic E-state index is 0.611. The van der Waals surface area contributed by atoms with E-state index in [1.165, 1.54) is 43.4 Å². The fraction of sp³-hybridized carbons (Fsp3) is 0.625. The summed E-state index contributed by atoms with van der Waals surface area (Å²) in [6.45, 7) is 3.16. The second kappa shape index (κ2) is 5.44. The standard InChI is InChI=1S/C16H22N4S/c1-11-15(21-16(18-11)17-10-12-6-7-12)14-8-9-20(19-14)13-4-2-3-5-13/h8-9,12-13H,2-7,10H2,1H3,(H,17,18). The molecular weight excluding hydrogens is 280 g/mol. The Morgan fingerprint density at radius 1 is 1.29 bits per heavy atom. The average molecular weight is 302 g/mol. The smallest absolute Gasteiger partial charge is 0.183 e. The number of nitrogens with zero attached hydrogens (tertiary/aromatic N) is 3. The highest BCUT2D eigenvalue weighted by atomic mass is 32.1. The van der Waals surface area contributed by atoms with Gasteiger partial charge in [-0.2, -0.15) is 5.10 Å². The van der Waals surface area contributed by atoms with Crippen LogP contribution in [0.5, 0.6) is 0 Å². The van der Waals surface area contributed by atoms with Crippen LogP contribution in [-0.2, 0) is 0 Å². The van der Waals surface area contributed by atoms with Crippen molar-refractivity contribution in [3.63, 3.8) is 0 Å². The summed E-state index contributed by atoms with van der Waals surface area (Å²) in [5.74, 6) is 0.874. The summed E-state index contributed by atoms with van der Waals surface area (Å²) in [6, 6.07) is 2.75. The van der Waals surface area contributed by atoms with Crippen molar-refractivity contribution in [3.8, 4) is 10.6 Å². The third kappa shape index (κ3) is 2.84. The van der Waals surface area contributed by atoms with Gasteiger partial charge in [0.1, 0.15) is 5.69 Å². The molecule has 2 heterocycles. The van der Waals surface area contributed by atoms with Crippen LogP contribution in [0.15, 0.2) is 12.3 Å². The first-order valence-electron chi connectivity index (χ1n) is 8.06. The van der Waals surface area contributed by atoms with E-state index in [-0.39, 0.29) is 0 Å². The van der Waals surface area contributed by atoms with Gasteiger partial charge in [0.25, 0.3) is 0 Å². The van der Waals surface area contributed by atoms with Gasteiger partial charge in [-0.1, -0.05) is 24.2 Å². The summed E-state index contributed by atoms with van der Waals surface area (Å²) in [4.78, 5) is 5.86. The lowest BCUT2D eigenvalue weighted by Gasteiger charge is -2.08. The Hall–Kier alpha value is -1.36. The summed E-state index contributed by atoms with van der Waals surface area (Å²) in [5.41, 5.74) is 2.17. The van der Waals surface area contributed by atoms with Crippen molar-refractivity contribution in [1.29, 1.82) is 0 Å². The number of aryl methyl sites for hydroxylation is 1. The van der Waals surface area contributed by atoms with Crippen LogP contribution in [0.1, 0.15) is 50.3 Å². The van der Waals surface area contributed by atoms with Crippen LogP contribution >= 0.6 is 11.3 Å². The molecule has 0 radical (unpaired) electrons. The summed E-state index contributed by atoms with van der Waals surface area (Å²) < 4.78 is 2.17. The molecule has 5 heteroatoms. The van der Waals surface area contributed by atoms with Crippen LogP contribution in [0.3, 0.4) is 0 Å². The minimum Gasteiger partial charge on any atom is -0.361 e. The lowest BCUT2D eigenvalue weighted by atomic mass is 10.3. The molecule has 0 unspecified atom stereocenters. The SMILES string of the molecule is Cc1nc(NCC2CC2)sc1-c1ccn(C2CCCC2)n1. The highest BCUT2D eigenvalue weighted by Gasteiger charge is 2.22. The van der Waals surface area contributed by atoms with Gasteiger partial charge in [-0.05, 0) is 44.6 Å². The van der Waals surface area contributed by atoms with Crippen molar-refractivity contribution < 1.29 is 0 Å². The van der Waals surface area contributed by atoms with Crippen LogP contribution < -0.4 is 5.32 Å². The number of hydrogen-bond acceptors (Lipinski definition) is 4. The molecule has 2 aromatic rings. The van der Waals surface area contributed by atoms with Crippen molar-refractivity contribution in [2.75, 3.05) is 11.9 Å². The predicted octanol–water partition coefficient (Wildman–Crippen LogP) is 4.25. The van der Waals surface area contributed by atoms with Gasteiger partial charge in [0.15, 0.2) is 5.13 Å². The van der Waals surface area contributed by atoms with E-state index in [1.807, 2.05) is 0 Å². The fourth-order valence-corrected chi connectivity index (χ4v) is 4.03. The van der Waals surface area contributed by atoms with E-state index >= 15 is 0 Å². The van der Waals surface area contributed by atoms with Gasteiger partial charge in [0.05, 0.1) is 16.6 Å². The first-order valence-corrected chi connectivity index (χ1v) is 8.88. The zero-order chi connectivity index (χ0) is 14.2. The fourth-order valence-electron chi connectivity index (χ4n) is 3.09.